The minimum Gasteiger partial charge on any atom is -0.465 e. The Bertz CT molecular complexity index is 827. The van der Waals surface area contributed by atoms with Gasteiger partial charge in [-0.2, -0.15) is 0 Å². The number of esters is 1. The second-order valence-electron chi connectivity index (χ2n) is 7.40. The van der Waals surface area contributed by atoms with E-state index in [1.54, 1.807) is 6.07 Å². The molecule has 0 N–H and O–H groups in total. The maximum Gasteiger partial charge on any atom is 0.338 e. The largest absolute Gasteiger partial charge is 0.465 e. The molecule has 0 spiro atoms. The van der Waals surface area contributed by atoms with Gasteiger partial charge in [0.15, 0.2) is 5.78 Å². The van der Waals surface area contributed by atoms with E-state index in [4.69, 9.17) is 4.74 Å². The first-order valence-corrected chi connectivity index (χ1v) is 9.46. The molecule has 132 valence electrons. The number of hydrogen-bond acceptors (Lipinski definition) is 3. The van der Waals surface area contributed by atoms with Crippen molar-refractivity contribution in [2.45, 2.75) is 57.9 Å². The number of aromatic nitrogens is 1. The highest BCUT2D eigenvalue weighted by Gasteiger charge is 2.29. The number of carbonyl (C=O) groups excluding carboxylic acids is 2. The van der Waals surface area contributed by atoms with Gasteiger partial charge >= 0.3 is 5.97 Å². The molecule has 0 radical (unpaired) electrons. The Kier molecular flexibility index (Phi) is 4.36. The Labute approximate surface area is 148 Å². The number of ketones is 1. The van der Waals surface area contributed by atoms with Gasteiger partial charge in [-0.1, -0.05) is 25.3 Å². The van der Waals surface area contributed by atoms with Crippen LogP contribution in [-0.2, 0) is 17.7 Å². The normalized spacial score (nSPS) is 18.4. The maximum atomic E-state index is 12.7. The lowest BCUT2D eigenvalue weighted by Gasteiger charge is -2.24. The van der Waals surface area contributed by atoms with Crippen molar-refractivity contribution in [3.8, 4) is 0 Å². The van der Waals surface area contributed by atoms with Crippen LogP contribution in [0.1, 0.15) is 71.4 Å². The molecule has 1 heterocycles. The highest BCUT2D eigenvalue weighted by molar-refractivity contribution is 6.16. The van der Waals surface area contributed by atoms with Crippen molar-refractivity contribution in [3.63, 3.8) is 0 Å². The molecule has 4 heteroatoms. The summed E-state index contributed by atoms with van der Waals surface area (Å²) in [4.78, 5) is 25.0. The first-order valence-electron chi connectivity index (χ1n) is 9.46. The van der Waals surface area contributed by atoms with Crippen LogP contribution in [0.25, 0.3) is 10.9 Å². The molecule has 0 bridgehead atoms. The van der Waals surface area contributed by atoms with E-state index in [1.807, 2.05) is 6.07 Å². The van der Waals surface area contributed by atoms with Gasteiger partial charge in [0.2, 0.25) is 0 Å². The second kappa shape index (κ2) is 6.66. The first-order chi connectivity index (χ1) is 12.2. The molecule has 25 heavy (non-hydrogen) atoms. The van der Waals surface area contributed by atoms with Crippen molar-refractivity contribution in [2.75, 3.05) is 7.11 Å². The number of hydrogen-bond donors (Lipinski definition) is 0. The van der Waals surface area contributed by atoms with Crippen LogP contribution < -0.4 is 0 Å². The fourth-order valence-electron chi connectivity index (χ4n) is 4.67. The summed E-state index contributed by atoms with van der Waals surface area (Å²) in [7, 11) is 1.40. The summed E-state index contributed by atoms with van der Waals surface area (Å²) in [5.74, 6) is 0.485. The van der Waals surface area contributed by atoms with Crippen LogP contribution in [-0.4, -0.2) is 23.4 Å². The molecule has 4 rings (SSSR count). The average Bonchev–Trinajstić information content (AvgIpc) is 2.97. The van der Waals surface area contributed by atoms with Crippen molar-refractivity contribution >= 4 is 22.7 Å². The molecule has 1 fully saturated rings. The van der Waals surface area contributed by atoms with Gasteiger partial charge in [0.25, 0.3) is 0 Å². The first kappa shape index (κ1) is 16.4. The van der Waals surface area contributed by atoms with Crippen LogP contribution in [0.5, 0.6) is 0 Å². The molecule has 1 saturated carbocycles. The standard InChI is InChI=1S/C21H25NO3/c1-25-21(24)15-9-5-10-16-19(15)20-17(11-6-12-18(20)23)22(16)13-14-7-3-2-4-8-14/h5,9-10,14H,2-4,6-8,11-13H2,1H3. The molecule has 1 aromatic heterocycles. The Morgan fingerprint density at radius 1 is 1.16 bits per heavy atom. The predicted molar refractivity (Wildman–Crippen MR) is 97.1 cm³/mol. The fourth-order valence-corrected chi connectivity index (χ4v) is 4.67. The number of fused-ring (bicyclic) bond motifs is 3. The Balaban J connectivity index is 1.90. The highest BCUT2D eigenvalue weighted by atomic mass is 16.5. The molecule has 0 unspecified atom stereocenters. The number of carbonyl (C=O) groups is 2. The lowest BCUT2D eigenvalue weighted by molar-refractivity contribution is 0.0603. The monoisotopic (exact) mass is 339 g/mol. The highest BCUT2D eigenvalue weighted by Crippen LogP contribution is 2.36. The third-order valence-electron chi connectivity index (χ3n) is 5.86. The zero-order valence-corrected chi connectivity index (χ0v) is 14.8. The van der Waals surface area contributed by atoms with Gasteiger partial charge in [0, 0.05) is 35.1 Å². The average molecular weight is 339 g/mol. The SMILES string of the molecule is COC(=O)c1cccc2c1c1c(n2CC2CCCCC2)CCCC1=O. The van der Waals surface area contributed by atoms with E-state index in [9.17, 15) is 9.59 Å². The fraction of sp³-hybridized carbons (Fsp3) is 0.524. The number of ether oxygens (including phenoxy) is 1. The molecule has 1 aromatic carbocycles. The van der Waals surface area contributed by atoms with Gasteiger partial charge < -0.3 is 9.30 Å². The van der Waals surface area contributed by atoms with Gasteiger partial charge in [-0.3, -0.25) is 4.79 Å². The molecule has 2 aliphatic rings. The maximum absolute atomic E-state index is 12.7. The summed E-state index contributed by atoms with van der Waals surface area (Å²) in [5, 5.41) is 0.810. The summed E-state index contributed by atoms with van der Waals surface area (Å²) in [6.07, 6.45) is 8.87. The number of nitrogens with zero attached hydrogens (tertiary/aromatic N) is 1. The molecular formula is C21H25NO3. The molecule has 2 aliphatic carbocycles. The summed E-state index contributed by atoms with van der Waals surface area (Å²) < 4.78 is 7.31. The Hall–Kier alpha value is -2.10. The van der Waals surface area contributed by atoms with E-state index in [0.29, 0.717) is 17.9 Å². The quantitative estimate of drug-likeness (QED) is 0.772. The zero-order valence-electron chi connectivity index (χ0n) is 14.8. The van der Waals surface area contributed by atoms with E-state index >= 15 is 0 Å². The predicted octanol–water partition coefficient (Wildman–Crippen LogP) is 4.53. The van der Waals surface area contributed by atoms with Crippen molar-refractivity contribution in [3.05, 3.63) is 35.0 Å². The summed E-state index contributed by atoms with van der Waals surface area (Å²) in [6, 6.07) is 5.74. The number of benzene rings is 1. The van der Waals surface area contributed by atoms with Crippen LogP contribution in [0.15, 0.2) is 18.2 Å². The lowest BCUT2D eigenvalue weighted by Crippen LogP contribution is -2.18. The van der Waals surface area contributed by atoms with Crippen molar-refractivity contribution < 1.29 is 14.3 Å². The summed E-state index contributed by atoms with van der Waals surface area (Å²) >= 11 is 0. The summed E-state index contributed by atoms with van der Waals surface area (Å²) in [5.41, 5.74) is 3.45. The van der Waals surface area contributed by atoms with Crippen molar-refractivity contribution in [1.29, 1.82) is 0 Å². The van der Waals surface area contributed by atoms with Crippen LogP contribution in [0.2, 0.25) is 0 Å². The minimum absolute atomic E-state index is 0.171. The molecule has 0 atom stereocenters. The number of methoxy groups -OCH3 is 1. The lowest BCUT2D eigenvalue weighted by atomic mass is 9.89. The second-order valence-corrected chi connectivity index (χ2v) is 7.40. The van der Waals surface area contributed by atoms with E-state index in [0.717, 1.165) is 41.5 Å². The third-order valence-corrected chi connectivity index (χ3v) is 5.86. The molecule has 0 amide bonds. The molecule has 0 aliphatic heterocycles. The summed E-state index contributed by atoms with van der Waals surface area (Å²) in [6.45, 7) is 0.962. The van der Waals surface area contributed by atoms with Crippen LogP contribution in [0, 0.1) is 5.92 Å². The van der Waals surface area contributed by atoms with Gasteiger partial charge in [-0.25, -0.2) is 4.79 Å². The smallest absolute Gasteiger partial charge is 0.338 e. The molecule has 2 aromatic rings. The van der Waals surface area contributed by atoms with Crippen molar-refractivity contribution in [2.24, 2.45) is 5.92 Å². The van der Waals surface area contributed by atoms with E-state index in [2.05, 4.69) is 10.6 Å². The number of Topliss-reactive ketones (excluding diaryl/α,β-unsaturated/α-hetero) is 1. The van der Waals surface area contributed by atoms with Crippen LogP contribution in [0.4, 0.5) is 0 Å². The van der Waals surface area contributed by atoms with Gasteiger partial charge in [-0.05, 0) is 43.7 Å². The Morgan fingerprint density at radius 2 is 1.96 bits per heavy atom. The van der Waals surface area contributed by atoms with Gasteiger partial charge in [0.1, 0.15) is 0 Å². The Morgan fingerprint density at radius 3 is 2.72 bits per heavy atom. The number of rotatable bonds is 3. The third kappa shape index (κ3) is 2.78. The molecule has 0 saturated heterocycles. The zero-order chi connectivity index (χ0) is 17.4. The van der Waals surface area contributed by atoms with Crippen LogP contribution >= 0.6 is 0 Å². The van der Waals surface area contributed by atoms with Crippen LogP contribution in [0.3, 0.4) is 0 Å². The van der Waals surface area contributed by atoms with E-state index in [1.165, 1.54) is 39.2 Å². The van der Waals surface area contributed by atoms with Crippen molar-refractivity contribution in [1.82, 2.24) is 4.57 Å². The van der Waals surface area contributed by atoms with E-state index < -0.39 is 0 Å². The topological polar surface area (TPSA) is 48.3 Å². The van der Waals surface area contributed by atoms with Gasteiger partial charge in [0.05, 0.1) is 12.7 Å². The molecular weight excluding hydrogens is 314 g/mol. The minimum atomic E-state index is -0.360. The van der Waals surface area contributed by atoms with Gasteiger partial charge in [-0.15, -0.1) is 0 Å². The van der Waals surface area contributed by atoms with E-state index in [-0.39, 0.29) is 11.8 Å². The molecule has 4 nitrogen and oxygen atoms in total.